The maximum absolute atomic E-state index is 12.3. The Morgan fingerprint density at radius 1 is 1.35 bits per heavy atom. The number of carbonyl (C=O) groups excluding carboxylic acids is 2. The Bertz CT molecular complexity index is 648. The molecular weight excluding hydrogens is 298 g/mol. The lowest BCUT2D eigenvalue weighted by Crippen LogP contribution is -2.59. The van der Waals surface area contributed by atoms with Crippen LogP contribution in [-0.2, 0) is 25.6 Å². The highest BCUT2D eigenvalue weighted by Gasteiger charge is 2.69. The highest BCUT2D eigenvalue weighted by Crippen LogP contribution is 2.51. The van der Waals surface area contributed by atoms with Crippen LogP contribution in [0, 0.1) is 5.92 Å². The van der Waals surface area contributed by atoms with E-state index in [0.29, 0.717) is 6.54 Å². The molecule has 1 aromatic carbocycles. The Kier molecular flexibility index (Phi) is 3.30. The van der Waals surface area contributed by atoms with E-state index >= 15 is 0 Å². The first-order valence-corrected chi connectivity index (χ1v) is 7.87. The van der Waals surface area contributed by atoms with E-state index in [1.54, 1.807) is 0 Å². The van der Waals surface area contributed by atoms with Gasteiger partial charge in [0.25, 0.3) is 0 Å². The van der Waals surface area contributed by atoms with Gasteiger partial charge in [-0.2, -0.15) is 0 Å². The van der Waals surface area contributed by atoms with E-state index in [1.807, 2.05) is 30.3 Å². The molecule has 4 rings (SSSR count). The summed E-state index contributed by atoms with van der Waals surface area (Å²) in [4.78, 5) is 24.3. The number of ketones is 1. The number of aliphatic hydroxyl groups is 1. The van der Waals surface area contributed by atoms with Gasteiger partial charge >= 0.3 is 5.97 Å². The van der Waals surface area contributed by atoms with E-state index in [4.69, 9.17) is 9.47 Å². The fraction of sp³-hybridized carbons (Fsp3) is 0.529. The molecule has 3 fully saturated rings. The number of carbonyl (C=O) groups is 2. The van der Waals surface area contributed by atoms with Crippen LogP contribution >= 0.6 is 0 Å². The van der Waals surface area contributed by atoms with Crippen molar-refractivity contribution in [1.82, 2.24) is 5.32 Å². The Hall–Kier alpha value is -1.76. The van der Waals surface area contributed by atoms with Crippen molar-refractivity contribution in [2.24, 2.45) is 5.92 Å². The van der Waals surface area contributed by atoms with Gasteiger partial charge < -0.3 is 14.6 Å². The SMILES string of the molecule is CC(=O)[C@]1(O)CC2O[C@@H]2[C@H]2OC(=O)[C@@H](NCc3ccccc3)[C@H]21. The summed E-state index contributed by atoms with van der Waals surface area (Å²) < 4.78 is 10.9. The molecule has 0 aromatic heterocycles. The van der Waals surface area contributed by atoms with Crippen molar-refractivity contribution in [3.8, 4) is 0 Å². The molecule has 3 aliphatic rings. The lowest BCUT2D eigenvalue weighted by atomic mass is 9.69. The molecule has 6 atom stereocenters. The van der Waals surface area contributed by atoms with Crippen LogP contribution in [0.1, 0.15) is 18.9 Å². The number of epoxide rings is 1. The van der Waals surface area contributed by atoms with Crippen LogP contribution < -0.4 is 5.32 Å². The van der Waals surface area contributed by atoms with Gasteiger partial charge in [-0.25, -0.2) is 0 Å². The van der Waals surface area contributed by atoms with Crippen LogP contribution in [0.4, 0.5) is 0 Å². The average Bonchev–Trinajstić information content (AvgIpc) is 3.21. The lowest BCUT2D eigenvalue weighted by molar-refractivity contribution is -0.150. The summed E-state index contributed by atoms with van der Waals surface area (Å²) in [6.45, 7) is 1.82. The van der Waals surface area contributed by atoms with E-state index in [-0.39, 0.29) is 24.4 Å². The summed E-state index contributed by atoms with van der Waals surface area (Å²) in [6.07, 6.45) is -0.699. The number of esters is 1. The Morgan fingerprint density at radius 3 is 2.78 bits per heavy atom. The first-order valence-electron chi connectivity index (χ1n) is 7.87. The number of rotatable bonds is 4. The smallest absolute Gasteiger partial charge is 0.324 e. The molecule has 0 bridgehead atoms. The Labute approximate surface area is 133 Å². The molecule has 1 saturated carbocycles. The molecular formula is C17H19NO5. The summed E-state index contributed by atoms with van der Waals surface area (Å²) in [5, 5.41) is 14.1. The average molecular weight is 317 g/mol. The largest absolute Gasteiger partial charge is 0.458 e. The first-order chi connectivity index (χ1) is 11.0. The quantitative estimate of drug-likeness (QED) is 0.608. The molecule has 2 aliphatic heterocycles. The number of nitrogens with one attached hydrogen (secondary N) is 1. The zero-order chi connectivity index (χ0) is 16.2. The van der Waals surface area contributed by atoms with Crippen molar-refractivity contribution >= 4 is 11.8 Å². The molecule has 1 unspecified atom stereocenters. The highest BCUT2D eigenvalue weighted by molar-refractivity contribution is 5.89. The van der Waals surface area contributed by atoms with Crippen molar-refractivity contribution < 1.29 is 24.2 Å². The fourth-order valence-corrected chi connectivity index (χ4v) is 3.90. The second-order valence-corrected chi connectivity index (χ2v) is 6.60. The van der Waals surface area contributed by atoms with Crippen LogP contribution in [0.5, 0.6) is 0 Å². The summed E-state index contributed by atoms with van der Waals surface area (Å²) >= 11 is 0. The summed E-state index contributed by atoms with van der Waals surface area (Å²) in [5.41, 5.74) is -0.561. The highest BCUT2D eigenvalue weighted by atomic mass is 16.6. The normalized spacial score (nSPS) is 41.0. The molecule has 1 aromatic rings. The number of ether oxygens (including phenoxy) is 2. The summed E-state index contributed by atoms with van der Waals surface area (Å²) in [6, 6.07) is 8.94. The lowest BCUT2D eigenvalue weighted by Gasteiger charge is -2.38. The van der Waals surface area contributed by atoms with Gasteiger partial charge in [-0.05, 0) is 12.5 Å². The van der Waals surface area contributed by atoms with Gasteiger partial charge in [-0.15, -0.1) is 0 Å². The molecule has 0 radical (unpaired) electrons. The van der Waals surface area contributed by atoms with Crippen molar-refractivity contribution in [1.29, 1.82) is 0 Å². The zero-order valence-electron chi connectivity index (χ0n) is 12.8. The molecule has 2 heterocycles. The Morgan fingerprint density at radius 2 is 2.09 bits per heavy atom. The molecule has 122 valence electrons. The third-order valence-electron chi connectivity index (χ3n) is 5.21. The molecule has 2 N–H and O–H groups in total. The van der Waals surface area contributed by atoms with Crippen molar-refractivity contribution in [2.75, 3.05) is 0 Å². The third kappa shape index (κ3) is 2.29. The van der Waals surface area contributed by atoms with E-state index < -0.39 is 29.6 Å². The maximum Gasteiger partial charge on any atom is 0.324 e. The third-order valence-corrected chi connectivity index (χ3v) is 5.21. The molecule has 23 heavy (non-hydrogen) atoms. The molecule has 0 spiro atoms. The van der Waals surface area contributed by atoms with Gasteiger partial charge in [0.1, 0.15) is 23.9 Å². The number of hydrogen-bond donors (Lipinski definition) is 2. The predicted octanol–water partition coefficient (Wildman–Crippen LogP) is 0.178. The van der Waals surface area contributed by atoms with Crippen molar-refractivity contribution in [2.45, 2.75) is 49.8 Å². The molecule has 6 nitrogen and oxygen atoms in total. The van der Waals surface area contributed by atoms with Crippen molar-refractivity contribution in [3.63, 3.8) is 0 Å². The van der Waals surface area contributed by atoms with Crippen LogP contribution in [0.2, 0.25) is 0 Å². The molecule has 0 amide bonds. The van der Waals surface area contributed by atoms with Gasteiger partial charge in [-0.3, -0.25) is 14.9 Å². The van der Waals surface area contributed by atoms with Crippen LogP contribution in [-0.4, -0.2) is 46.8 Å². The molecule has 2 saturated heterocycles. The monoisotopic (exact) mass is 317 g/mol. The first kappa shape index (κ1) is 14.8. The summed E-state index contributed by atoms with van der Waals surface area (Å²) in [5.74, 6) is -1.38. The number of Topliss-reactive ketones (excluding diaryl/α,β-unsaturated/α-hetero) is 1. The standard InChI is InChI=1S/C17H19NO5/c1-9(19)17(21)7-11-14(22-11)15-12(17)13(16(20)23-15)18-8-10-5-3-2-4-6-10/h2-6,11-15,18,21H,7-8H2,1H3/t11?,12-,13+,14+,15+,17-/m1/s1. The fourth-order valence-electron chi connectivity index (χ4n) is 3.90. The number of fused-ring (bicyclic) bond motifs is 3. The van der Waals surface area contributed by atoms with Gasteiger partial charge in [0.2, 0.25) is 0 Å². The van der Waals surface area contributed by atoms with E-state index in [2.05, 4.69) is 5.32 Å². The van der Waals surface area contributed by atoms with Crippen LogP contribution in [0.15, 0.2) is 30.3 Å². The van der Waals surface area contributed by atoms with Crippen LogP contribution in [0.3, 0.4) is 0 Å². The summed E-state index contributed by atoms with van der Waals surface area (Å²) in [7, 11) is 0. The Balaban J connectivity index is 1.58. The number of benzene rings is 1. The second-order valence-electron chi connectivity index (χ2n) is 6.60. The van der Waals surface area contributed by atoms with Gasteiger partial charge in [0.15, 0.2) is 5.78 Å². The van der Waals surface area contributed by atoms with E-state index in [0.717, 1.165) is 5.56 Å². The maximum atomic E-state index is 12.3. The minimum Gasteiger partial charge on any atom is -0.458 e. The zero-order valence-corrected chi connectivity index (χ0v) is 12.8. The minimum absolute atomic E-state index is 0.188. The van der Waals surface area contributed by atoms with E-state index in [9.17, 15) is 14.7 Å². The van der Waals surface area contributed by atoms with Gasteiger partial charge in [0, 0.05) is 13.0 Å². The predicted molar refractivity (Wildman–Crippen MR) is 79.3 cm³/mol. The van der Waals surface area contributed by atoms with Crippen molar-refractivity contribution in [3.05, 3.63) is 35.9 Å². The topological polar surface area (TPSA) is 88.2 Å². The molecule has 6 heteroatoms. The minimum atomic E-state index is -1.58. The second kappa shape index (κ2) is 5.12. The van der Waals surface area contributed by atoms with Crippen LogP contribution in [0.25, 0.3) is 0 Å². The number of hydrogen-bond acceptors (Lipinski definition) is 6. The van der Waals surface area contributed by atoms with E-state index in [1.165, 1.54) is 6.92 Å². The van der Waals surface area contributed by atoms with Gasteiger partial charge in [0.05, 0.1) is 12.0 Å². The molecule has 1 aliphatic carbocycles. The van der Waals surface area contributed by atoms with Gasteiger partial charge in [-0.1, -0.05) is 30.3 Å².